The van der Waals surface area contributed by atoms with Crippen molar-refractivity contribution in [3.63, 3.8) is 0 Å². The lowest BCUT2D eigenvalue weighted by molar-refractivity contribution is -0.199. The van der Waals surface area contributed by atoms with E-state index >= 15 is 0 Å². The maximum absolute atomic E-state index is 12.8. The van der Waals surface area contributed by atoms with Crippen molar-refractivity contribution in [1.29, 1.82) is 0 Å². The summed E-state index contributed by atoms with van der Waals surface area (Å²) in [5.74, 6) is -1.33. The predicted octanol–water partition coefficient (Wildman–Crippen LogP) is -1.71. The van der Waals surface area contributed by atoms with Crippen molar-refractivity contribution < 1.29 is 29.3 Å². The van der Waals surface area contributed by atoms with Gasteiger partial charge in [0.25, 0.3) is 5.72 Å². The molecule has 1 amide bonds. The molecule has 2 heterocycles. The Morgan fingerprint density at radius 1 is 1.52 bits per heavy atom. The molecule has 0 aromatic carbocycles. The highest BCUT2D eigenvalue weighted by molar-refractivity contribution is 14.1. The summed E-state index contributed by atoms with van der Waals surface area (Å²) in [6.45, 7) is 2.98. The van der Waals surface area contributed by atoms with Crippen molar-refractivity contribution in [2.45, 2.75) is 44.3 Å². The van der Waals surface area contributed by atoms with Crippen LogP contribution in [-0.2, 0) is 24.8 Å². The van der Waals surface area contributed by atoms with Crippen molar-refractivity contribution in [3.05, 3.63) is 20.3 Å². The van der Waals surface area contributed by atoms with E-state index in [1.165, 1.54) is 20.0 Å². The number of aliphatic hydroxyl groups excluding tert-OH is 2. The third-order valence-electron chi connectivity index (χ3n) is 4.06. The van der Waals surface area contributed by atoms with E-state index in [0.717, 1.165) is 4.57 Å². The van der Waals surface area contributed by atoms with Gasteiger partial charge in [-0.2, -0.15) is 4.98 Å². The van der Waals surface area contributed by atoms with Gasteiger partial charge >= 0.3 is 11.7 Å². The first-order chi connectivity index (χ1) is 12.6. The zero-order valence-electron chi connectivity index (χ0n) is 14.7. The van der Waals surface area contributed by atoms with Crippen molar-refractivity contribution in [1.82, 2.24) is 14.9 Å². The second-order valence-electron chi connectivity index (χ2n) is 6.05. The Morgan fingerprint density at radius 3 is 2.74 bits per heavy atom. The Bertz CT molecular complexity index is 786. The lowest BCUT2D eigenvalue weighted by Crippen LogP contribution is -2.56. The molecule has 0 spiro atoms. The number of ether oxygens (including phenoxy) is 2. The molecule has 1 aliphatic rings. The first kappa shape index (κ1) is 21.5. The van der Waals surface area contributed by atoms with E-state index in [4.69, 9.17) is 15.2 Å². The highest BCUT2D eigenvalue weighted by atomic mass is 127. The molecule has 1 fully saturated rings. The van der Waals surface area contributed by atoms with Gasteiger partial charge in [-0.05, 0) is 35.9 Å². The van der Waals surface area contributed by atoms with Crippen molar-refractivity contribution in [2.75, 3.05) is 18.9 Å². The third-order valence-corrected chi connectivity index (χ3v) is 4.89. The van der Waals surface area contributed by atoms with Gasteiger partial charge in [-0.1, -0.05) is 0 Å². The van der Waals surface area contributed by atoms with Gasteiger partial charge in [0.1, 0.15) is 18.0 Å². The van der Waals surface area contributed by atoms with E-state index in [-0.39, 0.29) is 24.9 Å². The summed E-state index contributed by atoms with van der Waals surface area (Å²) in [7, 11) is 0. The summed E-state index contributed by atoms with van der Waals surface area (Å²) in [5, 5.41) is 23.2. The van der Waals surface area contributed by atoms with Crippen LogP contribution >= 0.6 is 22.6 Å². The van der Waals surface area contributed by atoms with Crippen LogP contribution in [-0.4, -0.2) is 63.1 Å². The Morgan fingerprint density at radius 2 is 2.19 bits per heavy atom. The second kappa shape index (κ2) is 8.50. The van der Waals surface area contributed by atoms with E-state index in [0.29, 0.717) is 9.99 Å². The number of carbonyl (C=O) groups excluding carboxylic acids is 2. The van der Waals surface area contributed by atoms with Gasteiger partial charge in [0.05, 0.1) is 16.3 Å². The van der Waals surface area contributed by atoms with Gasteiger partial charge in [-0.15, -0.1) is 0 Å². The average molecular weight is 496 g/mol. The normalized spacial score (nSPS) is 27.4. The number of nitrogen functional groups attached to an aromatic ring is 1. The zero-order valence-corrected chi connectivity index (χ0v) is 16.9. The zero-order chi connectivity index (χ0) is 20.4. The Balaban J connectivity index is 2.33. The lowest BCUT2D eigenvalue weighted by Gasteiger charge is -2.31. The summed E-state index contributed by atoms with van der Waals surface area (Å²) in [6.07, 6.45) is -2.64. The molecule has 1 aromatic heterocycles. The van der Waals surface area contributed by atoms with E-state index in [1.807, 2.05) is 22.6 Å². The molecule has 0 aliphatic carbocycles. The van der Waals surface area contributed by atoms with Crippen molar-refractivity contribution in [3.8, 4) is 0 Å². The Labute approximate surface area is 168 Å². The van der Waals surface area contributed by atoms with E-state index in [1.54, 1.807) is 0 Å². The van der Waals surface area contributed by atoms with Crippen LogP contribution in [0.1, 0.15) is 20.3 Å². The van der Waals surface area contributed by atoms with Crippen LogP contribution in [0, 0.1) is 3.57 Å². The molecule has 27 heavy (non-hydrogen) atoms. The highest BCUT2D eigenvalue weighted by Gasteiger charge is 2.61. The molecule has 0 unspecified atom stereocenters. The molecule has 0 saturated carbocycles. The monoisotopic (exact) mass is 496 g/mol. The first-order valence-corrected chi connectivity index (χ1v) is 9.20. The second-order valence-corrected chi connectivity index (χ2v) is 7.22. The van der Waals surface area contributed by atoms with Crippen LogP contribution in [0.2, 0.25) is 0 Å². The standard InChI is InChI=1S/C15H21IN4O7/c1-7-10(22)11(23)15(27-7,13(24)26-5-3-4-18-8(2)21)20-6-9(16)12(17)19-14(20)25/h6-7,10-11,22-23H,3-5H2,1-2H3,(H,18,21)(H2,17,19,25)/t7-,10-,11-,15+/m1/s1. The van der Waals surface area contributed by atoms with E-state index in [2.05, 4.69) is 10.3 Å². The summed E-state index contributed by atoms with van der Waals surface area (Å²) in [4.78, 5) is 39.6. The van der Waals surface area contributed by atoms with Gasteiger partial charge in [0.2, 0.25) is 5.91 Å². The molecular weight excluding hydrogens is 475 g/mol. The van der Waals surface area contributed by atoms with Crippen LogP contribution in [0.15, 0.2) is 11.0 Å². The molecule has 4 atom stereocenters. The number of aliphatic hydroxyl groups is 2. The van der Waals surface area contributed by atoms with E-state index < -0.39 is 35.7 Å². The molecule has 5 N–H and O–H groups in total. The number of hydrogen-bond acceptors (Lipinski definition) is 9. The number of anilines is 1. The number of carbonyl (C=O) groups is 2. The fourth-order valence-corrected chi connectivity index (χ4v) is 3.06. The number of nitrogens with zero attached hydrogens (tertiary/aromatic N) is 2. The molecule has 1 aliphatic heterocycles. The lowest BCUT2D eigenvalue weighted by atomic mass is 10.0. The Hall–Kier alpha value is -1.77. The van der Waals surface area contributed by atoms with Gasteiger partial charge in [0, 0.05) is 19.7 Å². The molecule has 1 aromatic rings. The molecule has 11 nitrogen and oxygen atoms in total. The maximum atomic E-state index is 12.8. The Kier molecular flexibility index (Phi) is 6.77. The number of rotatable bonds is 6. The predicted molar refractivity (Wildman–Crippen MR) is 100 cm³/mol. The summed E-state index contributed by atoms with van der Waals surface area (Å²) >= 11 is 1.81. The molecular formula is C15H21IN4O7. The van der Waals surface area contributed by atoms with Gasteiger partial charge in [-0.25, -0.2) is 9.59 Å². The summed E-state index contributed by atoms with van der Waals surface area (Å²) in [6, 6.07) is 0. The molecule has 1 saturated heterocycles. The topological polar surface area (TPSA) is 166 Å². The van der Waals surface area contributed by atoms with Crippen molar-refractivity contribution >= 4 is 40.3 Å². The SMILES string of the molecule is CC(=O)NCCCOC(=O)[C@@]1(n2cc(I)c(N)nc2=O)O[C@H](C)[C@@H](O)[C@H]1O. The van der Waals surface area contributed by atoms with Gasteiger partial charge < -0.3 is 30.7 Å². The number of amides is 1. The number of esters is 1. The number of nitrogens with two attached hydrogens (primary N) is 1. The van der Waals surface area contributed by atoms with Crippen molar-refractivity contribution in [2.24, 2.45) is 0 Å². The van der Waals surface area contributed by atoms with Crippen LogP contribution in [0.25, 0.3) is 0 Å². The largest absolute Gasteiger partial charge is 0.462 e. The quantitative estimate of drug-likeness (QED) is 0.204. The van der Waals surface area contributed by atoms with E-state index in [9.17, 15) is 24.6 Å². The molecule has 12 heteroatoms. The average Bonchev–Trinajstić information content (AvgIpc) is 2.82. The van der Waals surface area contributed by atoms with Crippen LogP contribution in [0.5, 0.6) is 0 Å². The van der Waals surface area contributed by atoms with Crippen LogP contribution in [0.4, 0.5) is 5.82 Å². The van der Waals surface area contributed by atoms with Crippen LogP contribution in [0.3, 0.4) is 0 Å². The number of halogens is 1. The molecule has 2 rings (SSSR count). The minimum absolute atomic E-state index is 0.0447. The van der Waals surface area contributed by atoms with Crippen LogP contribution < -0.4 is 16.7 Å². The number of hydrogen-bond donors (Lipinski definition) is 4. The fraction of sp³-hybridized carbons (Fsp3) is 0.600. The smallest absolute Gasteiger partial charge is 0.363 e. The fourth-order valence-electron chi connectivity index (χ4n) is 2.67. The highest BCUT2D eigenvalue weighted by Crippen LogP contribution is 2.36. The third kappa shape index (κ3) is 4.23. The molecule has 0 bridgehead atoms. The first-order valence-electron chi connectivity index (χ1n) is 8.12. The summed E-state index contributed by atoms with van der Waals surface area (Å²) in [5.41, 5.74) is 2.36. The molecule has 150 valence electrons. The number of aromatic nitrogens is 2. The molecule has 0 radical (unpaired) electrons. The maximum Gasteiger partial charge on any atom is 0.363 e. The minimum Gasteiger partial charge on any atom is -0.462 e. The van der Waals surface area contributed by atoms with Gasteiger partial charge in [0.15, 0.2) is 0 Å². The minimum atomic E-state index is -2.30. The number of nitrogens with one attached hydrogen (secondary N) is 1. The van der Waals surface area contributed by atoms with Gasteiger partial charge in [-0.3, -0.25) is 9.36 Å². The summed E-state index contributed by atoms with van der Waals surface area (Å²) < 4.78 is 11.8.